The fourth-order valence-corrected chi connectivity index (χ4v) is 4.64. The number of hydrogen-bond donors (Lipinski definition) is 2. The van der Waals surface area contributed by atoms with Crippen molar-refractivity contribution in [2.24, 2.45) is 11.8 Å². The monoisotopic (exact) mass is 420 g/mol. The van der Waals surface area contributed by atoms with Crippen molar-refractivity contribution in [1.29, 1.82) is 0 Å². The average molecular weight is 420 g/mol. The molecule has 2 fully saturated rings. The van der Waals surface area contributed by atoms with Gasteiger partial charge in [-0.3, -0.25) is 0 Å². The molecule has 1 aliphatic carbocycles. The van der Waals surface area contributed by atoms with Crippen molar-refractivity contribution in [2.75, 3.05) is 25.5 Å². The van der Waals surface area contributed by atoms with Crippen LogP contribution in [0.25, 0.3) is 0 Å². The summed E-state index contributed by atoms with van der Waals surface area (Å²) in [6.45, 7) is 0.920. The minimum absolute atomic E-state index is 0.111. The standard InChI is InChI=1S/C22H23F3N2O3/c1-30-19-7-3-4-16(9-19)21(29)10-14-12-27(13-15(14)11-21)20(28)26-18-6-2-5-17(8-18)22(23,24)25/h2-9,14-15,29H,10-13H2,1H3,(H,26,28)/t14-,15+,21-. The first-order valence-corrected chi connectivity index (χ1v) is 9.78. The van der Waals surface area contributed by atoms with Crippen LogP contribution in [0.5, 0.6) is 5.75 Å². The van der Waals surface area contributed by atoms with E-state index in [-0.39, 0.29) is 17.5 Å². The Morgan fingerprint density at radius 1 is 1.13 bits per heavy atom. The average Bonchev–Trinajstić information content (AvgIpc) is 3.23. The summed E-state index contributed by atoms with van der Waals surface area (Å²) in [5.41, 5.74) is -0.856. The maximum atomic E-state index is 12.9. The molecule has 1 saturated carbocycles. The molecular weight excluding hydrogens is 397 g/mol. The lowest BCUT2D eigenvalue weighted by atomic mass is 9.90. The van der Waals surface area contributed by atoms with Crippen molar-refractivity contribution < 1.29 is 27.8 Å². The zero-order valence-corrected chi connectivity index (χ0v) is 16.4. The maximum Gasteiger partial charge on any atom is 0.416 e. The number of urea groups is 1. The lowest BCUT2D eigenvalue weighted by Crippen LogP contribution is -2.35. The van der Waals surface area contributed by atoms with E-state index in [4.69, 9.17) is 4.74 Å². The lowest BCUT2D eigenvalue weighted by Gasteiger charge is -2.27. The molecule has 2 aliphatic rings. The highest BCUT2D eigenvalue weighted by molar-refractivity contribution is 5.89. The SMILES string of the molecule is COc1cccc([C@]2(O)C[C@H]3CN(C(=O)Nc4cccc(C(F)(F)F)c4)C[C@H]3C2)c1. The number of ether oxygens (including phenoxy) is 1. The molecule has 1 saturated heterocycles. The Bertz CT molecular complexity index is 933. The Labute approximate surface area is 172 Å². The number of amides is 2. The number of likely N-dealkylation sites (tertiary alicyclic amines) is 1. The third kappa shape index (κ3) is 3.96. The van der Waals surface area contributed by atoms with Crippen LogP contribution in [0.2, 0.25) is 0 Å². The molecule has 0 unspecified atom stereocenters. The van der Waals surface area contributed by atoms with Crippen molar-refractivity contribution in [1.82, 2.24) is 4.90 Å². The van der Waals surface area contributed by atoms with Crippen molar-refractivity contribution in [3.05, 3.63) is 59.7 Å². The van der Waals surface area contributed by atoms with Crippen LogP contribution in [0.1, 0.15) is 24.0 Å². The number of fused-ring (bicyclic) bond motifs is 1. The lowest BCUT2D eigenvalue weighted by molar-refractivity contribution is -0.137. The third-order valence-electron chi connectivity index (χ3n) is 6.11. The Hall–Kier alpha value is -2.74. The van der Waals surface area contributed by atoms with Crippen molar-refractivity contribution in [3.8, 4) is 5.75 Å². The van der Waals surface area contributed by atoms with E-state index in [9.17, 15) is 23.1 Å². The van der Waals surface area contributed by atoms with Gasteiger partial charge in [-0.15, -0.1) is 0 Å². The minimum atomic E-state index is -4.46. The number of nitrogens with one attached hydrogen (secondary N) is 1. The number of carbonyl (C=O) groups is 1. The van der Waals surface area contributed by atoms with E-state index < -0.39 is 23.4 Å². The van der Waals surface area contributed by atoms with Gasteiger partial charge in [0.2, 0.25) is 0 Å². The summed E-state index contributed by atoms with van der Waals surface area (Å²) >= 11 is 0. The summed E-state index contributed by atoms with van der Waals surface area (Å²) in [7, 11) is 1.58. The van der Waals surface area contributed by atoms with E-state index in [1.54, 1.807) is 12.0 Å². The van der Waals surface area contributed by atoms with E-state index in [1.807, 2.05) is 24.3 Å². The van der Waals surface area contributed by atoms with Crippen LogP contribution in [-0.2, 0) is 11.8 Å². The summed E-state index contributed by atoms with van der Waals surface area (Å²) < 4.78 is 43.8. The van der Waals surface area contributed by atoms with Gasteiger partial charge in [0, 0.05) is 18.8 Å². The molecule has 0 radical (unpaired) electrons. The van der Waals surface area contributed by atoms with Gasteiger partial charge in [0.25, 0.3) is 0 Å². The first-order valence-electron chi connectivity index (χ1n) is 9.78. The molecule has 4 rings (SSSR count). The van der Waals surface area contributed by atoms with Gasteiger partial charge < -0.3 is 20.1 Å². The number of halogens is 3. The number of anilines is 1. The molecular formula is C22H23F3N2O3. The smallest absolute Gasteiger partial charge is 0.416 e. The van der Waals surface area contributed by atoms with Crippen LogP contribution in [0.15, 0.2) is 48.5 Å². The van der Waals surface area contributed by atoms with E-state index in [2.05, 4.69) is 5.32 Å². The molecule has 2 aromatic carbocycles. The van der Waals surface area contributed by atoms with Gasteiger partial charge in [0.15, 0.2) is 0 Å². The van der Waals surface area contributed by atoms with Gasteiger partial charge in [0.1, 0.15) is 5.75 Å². The first kappa shape index (κ1) is 20.5. The van der Waals surface area contributed by atoms with Crippen LogP contribution >= 0.6 is 0 Å². The number of nitrogens with zero attached hydrogens (tertiary/aromatic N) is 1. The molecule has 160 valence electrons. The molecule has 5 nitrogen and oxygen atoms in total. The van der Waals surface area contributed by atoms with Gasteiger partial charge in [-0.2, -0.15) is 13.2 Å². The Morgan fingerprint density at radius 3 is 2.43 bits per heavy atom. The molecule has 30 heavy (non-hydrogen) atoms. The van der Waals surface area contributed by atoms with E-state index in [0.29, 0.717) is 31.7 Å². The molecule has 0 bridgehead atoms. The number of benzene rings is 2. The predicted molar refractivity (Wildman–Crippen MR) is 105 cm³/mol. The highest BCUT2D eigenvalue weighted by atomic mass is 19.4. The fraction of sp³-hybridized carbons (Fsp3) is 0.409. The highest BCUT2D eigenvalue weighted by Gasteiger charge is 2.50. The van der Waals surface area contributed by atoms with Gasteiger partial charge in [-0.25, -0.2) is 4.79 Å². The highest BCUT2D eigenvalue weighted by Crippen LogP contribution is 2.49. The first-order chi connectivity index (χ1) is 14.2. The molecule has 3 atom stereocenters. The quantitative estimate of drug-likeness (QED) is 0.770. The fourth-order valence-electron chi connectivity index (χ4n) is 4.64. The molecule has 0 spiro atoms. The van der Waals surface area contributed by atoms with Crippen LogP contribution in [0.4, 0.5) is 23.7 Å². The largest absolute Gasteiger partial charge is 0.497 e. The summed E-state index contributed by atoms with van der Waals surface area (Å²) in [6.07, 6.45) is -3.41. The summed E-state index contributed by atoms with van der Waals surface area (Å²) in [6, 6.07) is 11.6. The van der Waals surface area contributed by atoms with E-state index in [1.165, 1.54) is 12.1 Å². The second kappa shape index (κ2) is 7.50. The summed E-state index contributed by atoms with van der Waals surface area (Å²) in [5, 5.41) is 13.7. The molecule has 0 aromatic heterocycles. The molecule has 2 aromatic rings. The number of alkyl halides is 3. The van der Waals surface area contributed by atoms with Gasteiger partial charge >= 0.3 is 12.2 Å². The summed E-state index contributed by atoms with van der Waals surface area (Å²) in [5.74, 6) is 0.946. The molecule has 2 N–H and O–H groups in total. The normalized spacial score (nSPS) is 25.8. The van der Waals surface area contributed by atoms with Crippen LogP contribution in [0.3, 0.4) is 0 Å². The van der Waals surface area contributed by atoms with E-state index in [0.717, 1.165) is 17.7 Å². The number of carbonyl (C=O) groups excluding carboxylic acids is 1. The number of methoxy groups -OCH3 is 1. The Balaban J connectivity index is 1.40. The van der Waals surface area contributed by atoms with Crippen molar-refractivity contribution in [2.45, 2.75) is 24.6 Å². The number of aliphatic hydroxyl groups is 1. The topological polar surface area (TPSA) is 61.8 Å². The maximum absolute atomic E-state index is 12.9. The van der Waals surface area contributed by atoms with Gasteiger partial charge in [0.05, 0.1) is 18.3 Å². The zero-order chi connectivity index (χ0) is 21.5. The van der Waals surface area contributed by atoms with Crippen LogP contribution in [-0.4, -0.2) is 36.2 Å². The number of hydrogen-bond acceptors (Lipinski definition) is 3. The predicted octanol–water partition coefficient (Wildman–Crippen LogP) is 4.48. The molecule has 1 aliphatic heterocycles. The van der Waals surface area contributed by atoms with Crippen molar-refractivity contribution >= 4 is 11.7 Å². The third-order valence-corrected chi connectivity index (χ3v) is 6.11. The zero-order valence-electron chi connectivity index (χ0n) is 16.4. The molecule has 8 heteroatoms. The second-order valence-corrected chi connectivity index (χ2v) is 8.11. The minimum Gasteiger partial charge on any atom is -0.497 e. The van der Waals surface area contributed by atoms with Gasteiger partial charge in [-0.05, 0) is 60.6 Å². The molecule has 1 heterocycles. The summed E-state index contributed by atoms with van der Waals surface area (Å²) in [4.78, 5) is 14.2. The second-order valence-electron chi connectivity index (χ2n) is 8.11. The van der Waals surface area contributed by atoms with Crippen LogP contribution < -0.4 is 10.1 Å². The van der Waals surface area contributed by atoms with E-state index >= 15 is 0 Å². The molecule has 2 amide bonds. The van der Waals surface area contributed by atoms with Crippen LogP contribution in [0, 0.1) is 11.8 Å². The van der Waals surface area contributed by atoms with Crippen molar-refractivity contribution in [3.63, 3.8) is 0 Å². The van der Waals surface area contributed by atoms with Gasteiger partial charge in [-0.1, -0.05) is 18.2 Å². The number of rotatable bonds is 3. The Kier molecular flexibility index (Phi) is 5.13. The Morgan fingerprint density at radius 2 is 1.80 bits per heavy atom.